The molecular formula is C11H19NO3S. The largest absolute Gasteiger partial charge is 0.479 e. The summed E-state index contributed by atoms with van der Waals surface area (Å²) in [6.45, 7) is 5.19. The lowest BCUT2D eigenvalue weighted by Crippen LogP contribution is -2.60. The number of hydrogen-bond donors (Lipinski definition) is 1. The molecule has 0 aliphatic carbocycles. The van der Waals surface area contributed by atoms with Gasteiger partial charge in [-0.3, -0.25) is 4.79 Å². The Bertz CT molecular complexity index is 285. The first-order chi connectivity index (χ1) is 7.42. The number of carboxylic acids is 1. The van der Waals surface area contributed by atoms with E-state index in [-0.39, 0.29) is 11.9 Å². The summed E-state index contributed by atoms with van der Waals surface area (Å²) < 4.78 is 0. The molecular weight excluding hydrogens is 226 g/mol. The molecule has 1 heterocycles. The van der Waals surface area contributed by atoms with Crippen molar-refractivity contribution in [2.75, 3.05) is 11.5 Å². The van der Waals surface area contributed by atoms with Gasteiger partial charge in [-0.2, -0.15) is 11.8 Å². The molecule has 0 radical (unpaired) electrons. The molecule has 1 fully saturated rings. The van der Waals surface area contributed by atoms with Crippen LogP contribution in [0.15, 0.2) is 0 Å². The average Bonchev–Trinajstić information content (AvgIpc) is 2.17. The van der Waals surface area contributed by atoms with Gasteiger partial charge in [0.2, 0.25) is 5.91 Å². The molecule has 0 bridgehead atoms. The lowest BCUT2D eigenvalue weighted by molar-refractivity contribution is -0.161. The van der Waals surface area contributed by atoms with Crippen LogP contribution >= 0.6 is 11.8 Å². The fourth-order valence-electron chi connectivity index (χ4n) is 2.43. The van der Waals surface area contributed by atoms with E-state index in [0.717, 1.165) is 11.5 Å². The Balaban J connectivity index is 3.07. The maximum atomic E-state index is 11.7. The van der Waals surface area contributed by atoms with Crippen LogP contribution in [0.2, 0.25) is 0 Å². The molecule has 16 heavy (non-hydrogen) atoms. The van der Waals surface area contributed by atoms with Crippen molar-refractivity contribution in [1.82, 2.24) is 4.90 Å². The van der Waals surface area contributed by atoms with E-state index in [1.165, 1.54) is 11.8 Å². The third kappa shape index (κ3) is 2.34. The molecule has 1 aliphatic heterocycles. The van der Waals surface area contributed by atoms with E-state index >= 15 is 0 Å². The second-order valence-electron chi connectivity index (χ2n) is 4.43. The number of hydrogen-bond acceptors (Lipinski definition) is 3. The molecule has 0 aromatic rings. The Labute approximate surface area is 100 Å². The van der Waals surface area contributed by atoms with Gasteiger partial charge in [0.1, 0.15) is 5.54 Å². The monoisotopic (exact) mass is 245 g/mol. The molecule has 4 nitrogen and oxygen atoms in total. The maximum Gasteiger partial charge on any atom is 0.329 e. The smallest absolute Gasteiger partial charge is 0.329 e. The second-order valence-corrected chi connectivity index (χ2v) is 5.66. The summed E-state index contributed by atoms with van der Waals surface area (Å²) in [6.07, 6.45) is 1.09. The van der Waals surface area contributed by atoms with Crippen LogP contribution in [0.1, 0.15) is 33.6 Å². The summed E-state index contributed by atoms with van der Waals surface area (Å²) >= 11 is 1.75. The normalized spacial score (nSPS) is 19.5. The summed E-state index contributed by atoms with van der Waals surface area (Å²) in [5.74, 6) is 0.604. The summed E-state index contributed by atoms with van der Waals surface area (Å²) in [4.78, 5) is 24.7. The van der Waals surface area contributed by atoms with Crippen molar-refractivity contribution in [2.45, 2.75) is 45.2 Å². The number of thioether (sulfide) groups is 1. The fraction of sp³-hybridized carbons (Fsp3) is 0.818. The van der Waals surface area contributed by atoms with Crippen molar-refractivity contribution < 1.29 is 14.7 Å². The number of carbonyl (C=O) groups excluding carboxylic acids is 1. The number of carboxylic acid groups (broad SMARTS) is 1. The first kappa shape index (κ1) is 13.4. The van der Waals surface area contributed by atoms with Crippen molar-refractivity contribution in [3.05, 3.63) is 0 Å². The zero-order valence-corrected chi connectivity index (χ0v) is 10.8. The zero-order chi connectivity index (χ0) is 12.3. The third-order valence-corrected chi connectivity index (χ3v) is 4.02. The quantitative estimate of drug-likeness (QED) is 0.820. The molecule has 0 atom stereocenters. The molecule has 0 unspecified atom stereocenters. The molecule has 1 N–H and O–H groups in total. The highest BCUT2D eigenvalue weighted by atomic mass is 32.2. The van der Waals surface area contributed by atoms with Crippen LogP contribution in [-0.4, -0.2) is 45.0 Å². The lowest BCUT2D eigenvalue weighted by atomic mass is 9.88. The van der Waals surface area contributed by atoms with E-state index in [0.29, 0.717) is 12.8 Å². The van der Waals surface area contributed by atoms with Gasteiger partial charge in [0, 0.05) is 13.0 Å². The SMILES string of the molecule is CC(=O)N(C(C)C)C1(C(=O)O)CCSCC1. The van der Waals surface area contributed by atoms with Gasteiger partial charge in [0.05, 0.1) is 0 Å². The van der Waals surface area contributed by atoms with E-state index in [1.807, 2.05) is 13.8 Å². The van der Waals surface area contributed by atoms with Gasteiger partial charge < -0.3 is 10.0 Å². The van der Waals surface area contributed by atoms with Crippen LogP contribution < -0.4 is 0 Å². The highest BCUT2D eigenvalue weighted by Gasteiger charge is 2.47. The van der Waals surface area contributed by atoms with Gasteiger partial charge in [0.15, 0.2) is 0 Å². The van der Waals surface area contributed by atoms with Crippen molar-refractivity contribution in [3.8, 4) is 0 Å². The minimum absolute atomic E-state index is 0.0725. The Morgan fingerprint density at radius 1 is 1.31 bits per heavy atom. The number of amides is 1. The minimum Gasteiger partial charge on any atom is -0.479 e. The molecule has 5 heteroatoms. The standard InChI is InChI=1S/C11H19NO3S/c1-8(2)12(9(3)13)11(10(14)15)4-6-16-7-5-11/h8H,4-7H2,1-3H3,(H,14,15). The van der Waals surface area contributed by atoms with Crippen LogP contribution in [0.4, 0.5) is 0 Å². The summed E-state index contributed by atoms with van der Waals surface area (Å²) in [5.41, 5.74) is -0.981. The van der Waals surface area contributed by atoms with Crippen LogP contribution in [-0.2, 0) is 9.59 Å². The van der Waals surface area contributed by atoms with E-state index < -0.39 is 11.5 Å². The minimum atomic E-state index is -0.981. The molecule has 0 spiro atoms. The molecule has 1 amide bonds. The van der Waals surface area contributed by atoms with Crippen molar-refractivity contribution >= 4 is 23.6 Å². The summed E-state index contributed by atoms with van der Waals surface area (Å²) in [6, 6.07) is -0.0725. The van der Waals surface area contributed by atoms with E-state index in [9.17, 15) is 14.7 Å². The predicted octanol–water partition coefficient (Wildman–Crippen LogP) is 1.59. The number of nitrogens with zero attached hydrogens (tertiary/aromatic N) is 1. The number of aliphatic carboxylic acids is 1. The molecule has 1 rings (SSSR count). The lowest BCUT2D eigenvalue weighted by Gasteiger charge is -2.44. The number of carbonyl (C=O) groups is 2. The molecule has 0 saturated carbocycles. The Morgan fingerprint density at radius 2 is 1.81 bits per heavy atom. The van der Waals surface area contributed by atoms with Gasteiger partial charge in [-0.15, -0.1) is 0 Å². The van der Waals surface area contributed by atoms with Crippen LogP contribution in [0.3, 0.4) is 0 Å². The average molecular weight is 245 g/mol. The topological polar surface area (TPSA) is 57.6 Å². The Kier molecular flexibility index (Phi) is 4.24. The van der Waals surface area contributed by atoms with E-state index in [1.54, 1.807) is 11.8 Å². The highest BCUT2D eigenvalue weighted by Crippen LogP contribution is 2.34. The third-order valence-electron chi connectivity index (χ3n) is 3.03. The number of rotatable bonds is 3. The van der Waals surface area contributed by atoms with Crippen LogP contribution in [0.25, 0.3) is 0 Å². The van der Waals surface area contributed by atoms with Crippen molar-refractivity contribution in [1.29, 1.82) is 0 Å². The van der Waals surface area contributed by atoms with Gasteiger partial charge in [-0.05, 0) is 38.2 Å². The van der Waals surface area contributed by atoms with Crippen LogP contribution in [0.5, 0.6) is 0 Å². The highest BCUT2D eigenvalue weighted by molar-refractivity contribution is 7.99. The van der Waals surface area contributed by atoms with Gasteiger partial charge >= 0.3 is 5.97 Å². The second kappa shape index (κ2) is 5.08. The van der Waals surface area contributed by atoms with E-state index in [2.05, 4.69) is 0 Å². The van der Waals surface area contributed by atoms with Gasteiger partial charge in [-0.1, -0.05) is 0 Å². The Hall–Kier alpha value is -0.710. The molecule has 1 saturated heterocycles. The molecule has 92 valence electrons. The first-order valence-electron chi connectivity index (χ1n) is 5.53. The molecule has 1 aliphatic rings. The molecule has 0 aromatic carbocycles. The van der Waals surface area contributed by atoms with Crippen molar-refractivity contribution in [3.63, 3.8) is 0 Å². The summed E-state index contributed by atoms with van der Waals surface area (Å²) in [7, 11) is 0. The zero-order valence-electron chi connectivity index (χ0n) is 10.0. The first-order valence-corrected chi connectivity index (χ1v) is 6.68. The Morgan fingerprint density at radius 3 is 2.12 bits per heavy atom. The van der Waals surface area contributed by atoms with Gasteiger partial charge in [0.25, 0.3) is 0 Å². The summed E-state index contributed by atoms with van der Waals surface area (Å²) in [5, 5.41) is 9.45. The maximum absolute atomic E-state index is 11.7. The van der Waals surface area contributed by atoms with Crippen LogP contribution in [0, 0.1) is 0 Å². The van der Waals surface area contributed by atoms with E-state index in [4.69, 9.17) is 0 Å². The van der Waals surface area contributed by atoms with Gasteiger partial charge in [-0.25, -0.2) is 4.79 Å². The molecule has 0 aromatic heterocycles. The van der Waals surface area contributed by atoms with Crippen molar-refractivity contribution in [2.24, 2.45) is 0 Å². The fourth-order valence-corrected chi connectivity index (χ4v) is 3.59. The predicted molar refractivity (Wildman–Crippen MR) is 64.6 cm³/mol.